The number of hydrogen-bond donors (Lipinski definition) is 1. The van der Waals surface area contributed by atoms with Crippen molar-refractivity contribution in [3.8, 4) is 5.69 Å². The number of aryl methyl sites for hydroxylation is 2. The number of hydrogen-bond acceptors (Lipinski definition) is 3. The predicted octanol–water partition coefficient (Wildman–Crippen LogP) is 4.88. The highest BCUT2D eigenvalue weighted by Gasteiger charge is 2.16. The van der Waals surface area contributed by atoms with Gasteiger partial charge in [0, 0.05) is 40.9 Å². The van der Waals surface area contributed by atoms with Crippen molar-refractivity contribution in [3.63, 3.8) is 0 Å². The summed E-state index contributed by atoms with van der Waals surface area (Å²) in [6, 6.07) is 15.4. The summed E-state index contributed by atoms with van der Waals surface area (Å²) < 4.78 is 3.93. The smallest absolute Gasteiger partial charge is 0.228 e. The molecule has 0 unspecified atom stereocenters. The Morgan fingerprint density at radius 1 is 1.03 bits per heavy atom. The first-order valence-corrected chi connectivity index (χ1v) is 10.5. The minimum atomic E-state index is -0.0694. The number of carbonyl (C=O) groups excluding carboxylic acids is 1. The highest BCUT2D eigenvalue weighted by Crippen LogP contribution is 2.21. The molecule has 0 aliphatic rings. The van der Waals surface area contributed by atoms with Gasteiger partial charge in [-0.1, -0.05) is 23.7 Å². The van der Waals surface area contributed by atoms with Crippen LogP contribution in [0.25, 0.3) is 5.69 Å². The molecule has 0 fully saturated rings. The molecule has 0 saturated carbocycles. The highest BCUT2D eigenvalue weighted by atomic mass is 35.5. The normalized spacial score (nSPS) is 11.0. The molecule has 2 aromatic carbocycles. The summed E-state index contributed by atoms with van der Waals surface area (Å²) in [7, 11) is 0. The van der Waals surface area contributed by atoms with Gasteiger partial charge in [-0.3, -0.25) is 4.79 Å². The second-order valence-electron chi connectivity index (χ2n) is 7.56. The monoisotopic (exact) mass is 433 g/mol. The van der Waals surface area contributed by atoms with Gasteiger partial charge in [0.2, 0.25) is 5.91 Å². The number of amides is 1. The molecule has 0 aliphatic heterocycles. The fourth-order valence-corrected chi connectivity index (χ4v) is 3.72. The van der Waals surface area contributed by atoms with Crippen molar-refractivity contribution >= 4 is 23.2 Å². The van der Waals surface area contributed by atoms with E-state index in [9.17, 15) is 4.79 Å². The van der Waals surface area contributed by atoms with Crippen LogP contribution in [0.4, 0.5) is 5.69 Å². The summed E-state index contributed by atoms with van der Waals surface area (Å²) in [4.78, 5) is 16.9. The molecule has 7 heteroatoms. The van der Waals surface area contributed by atoms with Gasteiger partial charge in [-0.2, -0.15) is 5.10 Å². The lowest BCUT2D eigenvalue weighted by molar-refractivity contribution is -0.115. The molecule has 0 spiro atoms. The minimum absolute atomic E-state index is 0.0694. The molecule has 1 amide bonds. The lowest BCUT2D eigenvalue weighted by Crippen LogP contribution is -2.15. The zero-order chi connectivity index (χ0) is 22.0. The SMILES string of the molecule is Cc1nn(-c2ccc(Cl)cc2)c(C)c1CC(=O)Nc1ccc(Cn2ccnc2C)cc1. The summed E-state index contributed by atoms with van der Waals surface area (Å²) in [5, 5.41) is 8.27. The molecule has 31 heavy (non-hydrogen) atoms. The Morgan fingerprint density at radius 2 is 1.74 bits per heavy atom. The van der Waals surface area contributed by atoms with Crippen molar-refractivity contribution in [2.75, 3.05) is 5.32 Å². The van der Waals surface area contributed by atoms with Gasteiger partial charge in [0.05, 0.1) is 17.8 Å². The Labute approximate surface area is 186 Å². The molecule has 2 aromatic heterocycles. The molecule has 2 heterocycles. The van der Waals surface area contributed by atoms with Gasteiger partial charge < -0.3 is 9.88 Å². The molecule has 4 aromatic rings. The molecular weight excluding hydrogens is 410 g/mol. The van der Waals surface area contributed by atoms with Crippen molar-refractivity contribution in [3.05, 3.63) is 94.3 Å². The van der Waals surface area contributed by atoms with Crippen LogP contribution < -0.4 is 5.32 Å². The van der Waals surface area contributed by atoms with E-state index in [0.717, 1.165) is 46.3 Å². The number of nitrogens with one attached hydrogen (secondary N) is 1. The van der Waals surface area contributed by atoms with Gasteiger partial charge in [0.1, 0.15) is 5.82 Å². The predicted molar refractivity (Wildman–Crippen MR) is 123 cm³/mol. The molecule has 0 radical (unpaired) electrons. The van der Waals surface area contributed by atoms with E-state index >= 15 is 0 Å². The summed E-state index contributed by atoms with van der Waals surface area (Å²) in [5.41, 5.74) is 5.56. The molecular formula is C24H24ClN5O. The lowest BCUT2D eigenvalue weighted by Gasteiger charge is -2.09. The van der Waals surface area contributed by atoms with Crippen LogP contribution in [0, 0.1) is 20.8 Å². The topological polar surface area (TPSA) is 64.7 Å². The van der Waals surface area contributed by atoms with Crippen LogP contribution in [0.5, 0.6) is 0 Å². The summed E-state index contributed by atoms with van der Waals surface area (Å²) in [6.07, 6.45) is 4.02. The third-order valence-corrected chi connectivity index (χ3v) is 5.62. The average molecular weight is 434 g/mol. The third kappa shape index (κ3) is 4.70. The first kappa shape index (κ1) is 20.9. The van der Waals surface area contributed by atoms with E-state index in [0.29, 0.717) is 5.02 Å². The molecule has 158 valence electrons. The van der Waals surface area contributed by atoms with Gasteiger partial charge in [0.15, 0.2) is 0 Å². The molecule has 1 N–H and O–H groups in total. The third-order valence-electron chi connectivity index (χ3n) is 5.36. The van der Waals surface area contributed by atoms with E-state index in [1.807, 2.05) is 80.2 Å². The largest absolute Gasteiger partial charge is 0.331 e. The molecule has 0 atom stereocenters. The highest BCUT2D eigenvalue weighted by molar-refractivity contribution is 6.30. The maximum Gasteiger partial charge on any atom is 0.228 e. The Balaban J connectivity index is 1.43. The molecule has 4 rings (SSSR count). The van der Waals surface area contributed by atoms with Crippen molar-refractivity contribution in [1.29, 1.82) is 0 Å². The summed E-state index contributed by atoms with van der Waals surface area (Å²) in [6.45, 7) is 6.63. The van der Waals surface area contributed by atoms with Crippen LogP contribution in [-0.2, 0) is 17.8 Å². The Hall–Kier alpha value is -3.38. The maximum absolute atomic E-state index is 12.7. The van der Waals surface area contributed by atoms with Crippen molar-refractivity contribution in [2.24, 2.45) is 0 Å². The van der Waals surface area contributed by atoms with Crippen LogP contribution in [0.1, 0.15) is 28.3 Å². The minimum Gasteiger partial charge on any atom is -0.331 e. The lowest BCUT2D eigenvalue weighted by atomic mass is 10.1. The zero-order valence-electron chi connectivity index (χ0n) is 17.8. The number of anilines is 1. The van der Waals surface area contributed by atoms with E-state index in [1.165, 1.54) is 0 Å². The summed E-state index contributed by atoms with van der Waals surface area (Å²) >= 11 is 5.99. The van der Waals surface area contributed by atoms with Gasteiger partial charge in [-0.05, 0) is 62.7 Å². The Morgan fingerprint density at radius 3 is 2.39 bits per heavy atom. The second-order valence-corrected chi connectivity index (χ2v) is 8.00. The Kier molecular flexibility index (Phi) is 5.91. The van der Waals surface area contributed by atoms with Crippen LogP contribution in [0.15, 0.2) is 60.9 Å². The van der Waals surface area contributed by atoms with Crippen LogP contribution in [0.2, 0.25) is 5.02 Å². The second kappa shape index (κ2) is 8.78. The van der Waals surface area contributed by atoms with Gasteiger partial charge in [-0.15, -0.1) is 0 Å². The number of aromatic nitrogens is 4. The Bertz CT molecular complexity index is 1210. The van der Waals surface area contributed by atoms with E-state index in [-0.39, 0.29) is 12.3 Å². The molecule has 6 nitrogen and oxygen atoms in total. The first-order valence-electron chi connectivity index (χ1n) is 10.1. The van der Waals surface area contributed by atoms with Crippen LogP contribution >= 0.6 is 11.6 Å². The number of nitrogens with zero attached hydrogens (tertiary/aromatic N) is 4. The van der Waals surface area contributed by atoms with Crippen molar-refractivity contribution < 1.29 is 4.79 Å². The van der Waals surface area contributed by atoms with Gasteiger partial charge in [-0.25, -0.2) is 9.67 Å². The average Bonchev–Trinajstić information content (AvgIpc) is 3.27. The number of halogens is 1. The van der Waals surface area contributed by atoms with E-state index in [1.54, 1.807) is 6.20 Å². The first-order chi connectivity index (χ1) is 14.9. The van der Waals surface area contributed by atoms with E-state index in [2.05, 4.69) is 20.0 Å². The number of rotatable bonds is 6. The maximum atomic E-state index is 12.7. The van der Waals surface area contributed by atoms with Gasteiger partial charge in [0.25, 0.3) is 0 Å². The van der Waals surface area contributed by atoms with Crippen LogP contribution in [-0.4, -0.2) is 25.2 Å². The number of imidazole rings is 1. The molecule has 0 aliphatic carbocycles. The van der Waals surface area contributed by atoms with E-state index < -0.39 is 0 Å². The quantitative estimate of drug-likeness (QED) is 0.471. The zero-order valence-corrected chi connectivity index (χ0v) is 18.5. The van der Waals surface area contributed by atoms with E-state index in [4.69, 9.17) is 11.6 Å². The number of benzene rings is 2. The van der Waals surface area contributed by atoms with Crippen molar-refractivity contribution in [2.45, 2.75) is 33.7 Å². The van der Waals surface area contributed by atoms with Gasteiger partial charge >= 0.3 is 0 Å². The van der Waals surface area contributed by atoms with Crippen LogP contribution in [0.3, 0.4) is 0 Å². The molecule has 0 saturated heterocycles. The molecule has 0 bridgehead atoms. The number of carbonyl (C=O) groups is 1. The fourth-order valence-electron chi connectivity index (χ4n) is 3.59. The van der Waals surface area contributed by atoms with Crippen molar-refractivity contribution in [1.82, 2.24) is 19.3 Å². The fraction of sp³-hybridized carbons (Fsp3) is 0.208. The summed E-state index contributed by atoms with van der Waals surface area (Å²) in [5.74, 6) is 0.905. The standard InChI is InChI=1S/C24H24ClN5O/c1-16-23(17(2)30(28-16)22-10-6-20(25)7-11-22)14-24(31)27-21-8-4-19(5-9-21)15-29-13-12-26-18(29)3/h4-13H,14-15H2,1-3H3,(H,27,31).